The predicted octanol–water partition coefficient (Wildman–Crippen LogP) is 1.10. The number of aliphatic carboxylic acids is 1. The zero-order valence-corrected chi connectivity index (χ0v) is 12.5. The predicted molar refractivity (Wildman–Crippen MR) is 81.4 cm³/mol. The molecule has 1 aromatic rings. The Bertz CT molecular complexity index is 479. The van der Waals surface area contributed by atoms with E-state index in [1.54, 1.807) is 0 Å². The summed E-state index contributed by atoms with van der Waals surface area (Å²) in [5.74, 6) is -0.0197. The number of carboxylic acids is 1. The van der Waals surface area contributed by atoms with Crippen molar-refractivity contribution in [1.82, 2.24) is 10.6 Å². The summed E-state index contributed by atoms with van der Waals surface area (Å²) >= 11 is 0. The summed E-state index contributed by atoms with van der Waals surface area (Å²) in [6, 6.07) is 9.17. The van der Waals surface area contributed by atoms with Gasteiger partial charge < -0.3 is 15.7 Å². The van der Waals surface area contributed by atoms with E-state index in [-0.39, 0.29) is 12.5 Å². The SMILES string of the molecule is O=C(O)CCCNC(=O)NCCS(=O)Cc1ccccc1. The molecule has 0 radical (unpaired) electrons. The molecule has 0 aliphatic rings. The number of carbonyl (C=O) groups is 2. The summed E-state index contributed by atoms with van der Waals surface area (Å²) in [4.78, 5) is 21.6. The minimum Gasteiger partial charge on any atom is -0.481 e. The van der Waals surface area contributed by atoms with Gasteiger partial charge in [-0.15, -0.1) is 0 Å². The van der Waals surface area contributed by atoms with Crippen LogP contribution in [0.1, 0.15) is 18.4 Å². The fourth-order valence-electron chi connectivity index (χ4n) is 1.61. The molecule has 0 saturated carbocycles. The Labute approximate surface area is 126 Å². The van der Waals surface area contributed by atoms with Gasteiger partial charge in [0.1, 0.15) is 0 Å². The van der Waals surface area contributed by atoms with Crippen molar-refractivity contribution in [1.29, 1.82) is 0 Å². The van der Waals surface area contributed by atoms with E-state index in [0.29, 0.717) is 31.0 Å². The minimum atomic E-state index is -1.02. The molecule has 1 rings (SSSR count). The first-order chi connectivity index (χ1) is 10.1. The average molecular weight is 312 g/mol. The third kappa shape index (κ3) is 8.80. The van der Waals surface area contributed by atoms with Crippen LogP contribution in [0.15, 0.2) is 30.3 Å². The van der Waals surface area contributed by atoms with E-state index < -0.39 is 16.8 Å². The summed E-state index contributed by atoms with van der Waals surface area (Å²) < 4.78 is 11.8. The van der Waals surface area contributed by atoms with E-state index in [4.69, 9.17) is 5.11 Å². The summed E-state index contributed by atoms with van der Waals surface area (Å²) in [6.45, 7) is 0.634. The lowest BCUT2D eigenvalue weighted by Gasteiger charge is -2.07. The molecule has 0 spiro atoms. The number of hydrogen-bond donors (Lipinski definition) is 3. The van der Waals surface area contributed by atoms with Crippen LogP contribution >= 0.6 is 0 Å². The largest absolute Gasteiger partial charge is 0.481 e. The van der Waals surface area contributed by atoms with Crippen LogP contribution in [0.3, 0.4) is 0 Å². The second-order valence-corrected chi connectivity index (χ2v) is 6.03. The monoisotopic (exact) mass is 312 g/mol. The first-order valence-electron chi connectivity index (χ1n) is 6.70. The van der Waals surface area contributed by atoms with Gasteiger partial charge >= 0.3 is 12.0 Å². The number of nitrogens with one attached hydrogen (secondary N) is 2. The van der Waals surface area contributed by atoms with E-state index in [0.717, 1.165) is 5.56 Å². The molecule has 1 aromatic carbocycles. The van der Waals surface area contributed by atoms with Gasteiger partial charge in [-0.05, 0) is 12.0 Å². The van der Waals surface area contributed by atoms with Crippen LogP contribution in [0, 0.1) is 0 Å². The molecular weight excluding hydrogens is 292 g/mol. The van der Waals surface area contributed by atoms with Crippen LogP contribution in [-0.2, 0) is 21.3 Å². The topological polar surface area (TPSA) is 95.5 Å². The van der Waals surface area contributed by atoms with Crippen molar-refractivity contribution < 1.29 is 18.9 Å². The van der Waals surface area contributed by atoms with Crippen molar-refractivity contribution in [3.8, 4) is 0 Å². The van der Waals surface area contributed by atoms with Gasteiger partial charge in [0, 0.05) is 41.8 Å². The van der Waals surface area contributed by atoms with Crippen LogP contribution in [0.4, 0.5) is 4.79 Å². The average Bonchev–Trinajstić information content (AvgIpc) is 2.44. The smallest absolute Gasteiger partial charge is 0.314 e. The zero-order chi connectivity index (χ0) is 15.5. The number of urea groups is 1. The van der Waals surface area contributed by atoms with Gasteiger partial charge in [0.25, 0.3) is 0 Å². The van der Waals surface area contributed by atoms with E-state index in [9.17, 15) is 13.8 Å². The van der Waals surface area contributed by atoms with Gasteiger partial charge in [-0.25, -0.2) is 4.79 Å². The zero-order valence-electron chi connectivity index (χ0n) is 11.7. The van der Waals surface area contributed by atoms with E-state index >= 15 is 0 Å². The second-order valence-electron chi connectivity index (χ2n) is 4.45. The van der Waals surface area contributed by atoms with Gasteiger partial charge in [0.15, 0.2) is 0 Å². The van der Waals surface area contributed by atoms with Gasteiger partial charge in [0.05, 0.1) is 0 Å². The van der Waals surface area contributed by atoms with E-state index in [1.165, 1.54) is 0 Å². The molecule has 21 heavy (non-hydrogen) atoms. The Kier molecular flexibility index (Phi) is 8.11. The fraction of sp³-hybridized carbons (Fsp3) is 0.429. The normalized spacial score (nSPS) is 11.6. The molecule has 0 fully saturated rings. The van der Waals surface area contributed by atoms with E-state index in [2.05, 4.69) is 10.6 Å². The first-order valence-corrected chi connectivity index (χ1v) is 8.19. The highest BCUT2D eigenvalue weighted by Gasteiger charge is 2.04. The van der Waals surface area contributed by atoms with Crippen molar-refractivity contribution in [3.05, 3.63) is 35.9 Å². The van der Waals surface area contributed by atoms with Gasteiger partial charge in [-0.1, -0.05) is 30.3 Å². The number of rotatable bonds is 9. The molecule has 3 N–H and O–H groups in total. The first kappa shape index (κ1) is 17.2. The van der Waals surface area contributed by atoms with Gasteiger partial charge in [0.2, 0.25) is 0 Å². The quantitative estimate of drug-likeness (QED) is 0.595. The molecule has 2 amide bonds. The maximum absolute atomic E-state index is 11.8. The standard InChI is InChI=1S/C14H20N2O4S/c17-13(18)7-4-8-15-14(19)16-9-10-21(20)11-12-5-2-1-3-6-12/h1-3,5-6H,4,7-11H2,(H,17,18)(H2,15,16,19). The second kappa shape index (κ2) is 9.93. The highest BCUT2D eigenvalue weighted by Crippen LogP contribution is 2.02. The van der Waals surface area contributed by atoms with Crippen LogP contribution in [0.25, 0.3) is 0 Å². The molecule has 7 heteroatoms. The molecule has 1 unspecified atom stereocenters. The molecule has 0 aromatic heterocycles. The molecule has 6 nitrogen and oxygen atoms in total. The number of carbonyl (C=O) groups excluding carboxylic acids is 1. The molecule has 0 aliphatic carbocycles. The number of carboxylic acid groups (broad SMARTS) is 1. The molecular formula is C14H20N2O4S. The maximum atomic E-state index is 11.8. The van der Waals surface area contributed by atoms with Crippen LogP contribution < -0.4 is 10.6 Å². The number of hydrogen-bond acceptors (Lipinski definition) is 3. The summed E-state index contributed by atoms with van der Waals surface area (Å²) in [6.07, 6.45) is 0.421. The highest BCUT2D eigenvalue weighted by molar-refractivity contribution is 7.84. The molecule has 0 bridgehead atoms. The summed E-state index contributed by atoms with van der Waals surface area (Å²) in [5.41, 5.74) is 1.01. The maximum Gasteiger partial charge on any atom is 0.314 e. The van der Waals surface area contributed by atoms with Crippen LogP contribution in [0.5, 0.6) is 0 Å². The molecule has 0 saturated heterocycles. The summed E-state index contributed by atoms with van der Waals surface area (Å²) in [5, 5.41) is 13.6. The third-order valence-electron chi connectivity index (χ3n) is 2.64. The van der Waals surface area contributed by atoms with E-state index in [1.807, 2.05) is 30.3 Å². The van der Waals surface area contributed by atoms with Crippen molar-refractivity contribution in [3.63, 3.8) is 0 Å². The Hall–Kier alpha value is -1.89. The van der Waals surface area contributed by atoms with Crippen molar-refractivity contribution in [2.45, 2.75) is 18.6 Å². The van der Waals surface area contributed by atoms with Crippen molar-refractivity contribution in [2.75, 3.05) is 18.8 Å². The number of benzene rings is 1. The van der Waals surface area contributed by atoms with Crippen molar-refractivity contribution in [2.24, 2.45) is 0 Å². The molecule has 0 heterocycles. The highest BCUT2D eigenvalue weighted by atomic mass is 32.2. The third-order valence-corrected chi connectivity index (χ3v) is 3.95. The Balaban J connectivity index is 2.08. The Morgan fingerprint density at radius 3 is 2.43 bits per heavy atom. The lowest BCUT2D eigenvalue weighted by atomic mass is 10.2. The van der Waals surface area contributed by atoms with Crippen molar-refractivity contribution >= 4 is 22.8 Å². The van der Waals surface area contributed by atoms with Crippen LogP contribution in [0.2, 0.25) is 0 Å². The molecule has 0 aliphatic heterocycles. The van der Waals surface area contributed by atoms with Gasteiger partial charge in [-0.2, -0.15) is 0 Å². The van der Waals surface area contributed by atoms with Crippen LogP contribution in [-0.4, -0.2) is 40.2 Å². The molecule has 116 valence electrons. The fourth-order valence-corrected chi connectivity index (χ4v) is 2.65. The lowest BCUT2D eigenvalue weighted by Crippen LogP contribution is -2.38. The Morgan fingerprint density at radius 2 is 1.76 bits per heavy atom. The lowest BCUT2D eigenvalue weighted by molar-refractivity contribution is -0.137. The summed E-state index contributed by atoms with van der Waals surface area (Å²) in [7, 11) is -1.02. The van der Waals surface area contributed by atoms with Gasteiger partial charge in [-0.3, -0.25) is 9.00 Å². The Morgan fingerprint density at radius 1 is 1.10 bits per heavy atom. The molecule has 1 atom stereocenters. The number of amides is 2. The minimum absolute atomic E-state index is 0.0291.